The third kappa shape index (κ3) is 17.8. The van der Waals surface area contributed by atoms with Crippen molar-refractivity contribution in [3.05, 3.63) is 201 Å². The van der Waals surface area contributed by atoms with E-state index in [0.29, 0.717) is 41.3 Å². The van der Waals surface area contributed by atoms with E-state index in [2.05, 4.69) is 97.4 Å². The Balaban J connectivity index is 0.000000265. The topological polar surface area (TPSA) is 231 Å². The van der Waals surface area contributed by atoms with Gasteiger partial charge in [-0.05, 0) is 172 Å². The summed E-state index contributed by atoms with van der Waals surface area (Å²) in [5.41, 5.74) is 19.6. The van der Waals surface area contributed by atoms with Crippen LogP contribution in [0.25, 0.3) is 22.7 Å². The highest BCUT2D eigenvalue weighted by molar-refractivity contribution is 9.11. The van der Waals surface area contributed by atoms with Crippen molar-refractivity contribution < 1.29 is 23.9 Å². The molecule has 1 amide bonds. The van der Waals surface area contributed by atoms with E-state index in [0.717, 1.165) is 72.0 Å². The first-order valence-electron chi connectivity index (χ1n) is 22.8. The molecule has 7 heterocycles. The Morgan fingerprint density at radius 1 is 0.558 bits per heavy atom. The number of imidazole rings is 1. The minimum Gasteiger partial charge on any atom is -0.465 e. The number of nitrogens with one attached hydrogen (secondary N) is 2. The zero-order valence-corrected chi connectivity index (χ0v) is 44.7. The number of carbonyl (C=O) groups is 3. The molecule has 10 rings (SSSR count). The van der Waals surface area contributed by atoms with E-state index in [1.54, 1.807) is 73.4 Å². The van der Waals surface area contributed by atoms with Gasteiger partial charge in [0.2, 0.25) is 0 Å². The lowest BCUT2D eigenvalue weighted by atomic mass is 10.0. The van der Waals surface area contributed by atoms with Gasteiger partial charge < -0.3 is 41.0 Å². The second kappa shape index (κ2) is 30.5. The molecule has 1 aliphatic rings. The molecular formula is C57H61Br3N12O5. The summed E-state index contributed by atoms with van der Waals surface area (Å²) in [6, 6.07) is 42.2. The predicted molar refractivity (Wildman–Crippen MR) is 318 cm³/mol. The van der Waals surface area contributed by atoms with E-state index in [9.17, 15) is 14.4 Å². The number of aromatic nitrogens is 7. The number of hydrogen-bond donors (Lipinski definition) is 4. The lowest BCUT2D eigenvalue weighted by molar-refractivity contribution is 0.0592. The predicted octanol–water partition coefficient (Wildman–Crippen LogP) is 13.6. The Labute approximate surface area is 474 Å². The van der Waals surface area contributed by atoms with Crippen LogP contribution >= 0.6 is 47.8 Å². The van der Waals surface area contributed by atoms with Crippen LogP contribution in [0.5, 0.6) is 0 Å². The fourth-order valence-corrected chi connectivity index (χ4v) is 8.79. The second-order valence-corrected chi connectivity index (χ2v) is 18.6. The summed E-state index contributed by atoms with van der Waals surface area (Å²) < 4.78 is 14.0. The van der Waals surface area contributed by atoms with Gasteiger partial charge >= 0.3 is 11.9 Å². The highest BCUT2D eigenvalue weighted by Crippen LogP contribution is 2.32. The van der Waals surface area contributed by atoms with Crippen LogP contribution < -0.4 is 22.1 Å². The summed E-state index contributed by atoms with van der Waals surface area (Å²) in [6.07, 6.45) is 10.3. The molecule has 9 aromatic rings. The van der Waals surface area contributed by atoms with Crippen LogP contribution in [0.15, 0.2) is 184 Å². The third-order valence-corrected chi connectivity index (χ3v) is 12.4. The van der Waals surface area contributed by atoms with Crippen LogP contribution in [0, 0.1) is 0 Å². The maximum absolute atomic E-state index is 13.2. The number of benzene rings is 3. The first-order chi connectivity index (χ1) is 35.9. The van der Waals surface area contributed by atoms with Crippen LogP contribution in [0.2, 0.25) is 0 Å². The minimum absolute atomic E-state index is 0. The number of nitrogen functional groups attached to an aromatic ring is 2. The Morgan fingerprint density at radius 3 is 1.61 bits per heavy atom. The average molecular weight is 1230 g/mol. The van der Waals surface area contributed by atoms with E-state index in [-0.39, 0.29) is 46.2 Å². The molecular weight excluding hydrogens is 1170 g/mol. The van der Waals surface area contributed by atoms with E-state index in [1.165, 1.54) is 14.2 Å². The Hall–Kier alpha value is -8.07. The number of methoxy groups -OCH3 is 2. The smallest absolute Gasteiger partial charge is 0.337 e. The van der Waals surface area contributed by atoms with Crippen LogP contribution in [0.3, 0.4) is 0 Å². The highest BCUT2D eigenvalue weighted by atomic mass is 79.9. The van der Waals surface area contributed by atoms with Gasteiger partial charge in [-0.3, -0.25) is 9.78 Å². The number of piperidine rings is 1. The van der Waals surface area contributed by atoms with Gasteiger partial charge in [0, 0.05) is 94.7 Å². The van der Waals surface area contributed by atoms with Gasteiger partial charge in [-0.2, -0.15) is 0 Å². The molecule has 0 radical (unpaired) electrons. The molecule has 1 aliphatic heterocycles. The van der Waals surface area contributed by atoms with Crippen LogP contribution in [-0.4, -0.2) is 84.5 Å². The Kier molecular flexibility index (Phi) is 24.3. The highest BCUT2D eigenvalue weighted by Gasteiger charge is 2.28. The van der Waals surface area contributed by atoms with Crippen molar-refractivity contribution in [2.45, 2.75) is 41.2 Å². The van der Waals surface area contributed by atoms with Gasteiger partial charge in [0.15, 0.2) is 11.5 Å². The number of anilines is 6. The maximum Gasteiger partial charge on any atom is 0.337 e. The van der Waals surface area contributed by atoms with Gasteiger partial charge in [0.1, 0.15) is 26.2 Å². The number of rotatable bonds is 9. The van der Waals surface area contributed by atoms with Crippen molar-refractivity contribution in [3.8, 4) is 11.5 Å². The van der Waals surface area contributed by atoms with Crippen LogP contribution in [0.1, 0.15) is 72.2 Å². The number of nitrogens with two attached hydrogens (primary N) is 2. The molecule has 0 bridgehead atoms. The number of esters is 2. The summed E-state index contributed by atoms with van der Waals surface area (Å²) in [6.45, 7) is 1.32. The van der Waals surface area contributed by atoms with E-state index >= 15 is 0 Å². The first kappa shape index (κ1) is 61.5. The third-order valence-electron chi connectivity index (χ3n) is 11.0. The molecule has 0 aliphatic carbocycles. The fraction of sp³-hybridized carbons (Fsp3) is 0.175. The molecule has 3 aromatic carbocycles. The standard InChI is InChI=1S/C28H26N8O.C13H11BrN2O2.C8H9NO2.C5H3Br2N.3CH4/c29-25-18-21(10-15-31-25)33-20-8-6-19(7-9-20)28(37)35-16-11-22(12-17-35)36-26-24(5-3-14-32-26)34-27(36)23-4-1-2-13-30-23;1-18-13(17)9-2-4-10(5-3-9)16-11-6-7-15-12(14)8-11;1-11-8(10)6-2-4-7(9)5-3-6;6-4-1-2-8-5(7)3-4;;;/h1-10,13-15,18,22H,11-12,16-17H2,(H3,29,31,33);2-8H,1H3,(H,15,16);2-5H,9H2,1H3;1-3H;3*1H4. The number of likely N-dealkylation sites (tertiary alicyclic amines) is 1. The number of nitrogens with zero attached hydrogens (tertiary/aromatic N) is 8. The lowest BCUT2D eigenvalue weighted by Gasteiger charge is -2.33. The number of carbonyl (C=O) groups excluding carboxylic acids is 3. The zero-order chi connectivity index (χ0) is 52.4. The molecule has 17 nitrogen and oxygen atoms in total. The minimum atomic E-state index is -0.343. The molecule has 20 heteroatoms. The molecule has 0 saturated carbocycles. The second-order valence-electron chi connectivity index (χ2n) is 16.0. The van der Waals surface area contributed by atoms with Gasteiger partial charge in [0.25, 0.3) is 5.91 Å². The Bertz CT molecular complexity index is 3270. The molecule has 1 saturated heterocycles. The summed E-state index contributed by atoms with van der Waals surface area (Å²) in [4.78, 5) is 63.3. The maximum atomic E-state index is 13.2. The van der Waals surface area contributed by atoms with Crippen molar-refractivity contribution in [2.24, 2.45) is 0 Å². The SMILES string of the molecule is Brc1ccnc(Br)c1.C.C.C.COC(=O)c1ccc(N)cc1.COC(=O)c1ccc(Nc2ccnc(Br)c2)cc1.Nc1cc(Nc2ccc(C(=O)N3CCC(n4c(-c5ccccn5)nc5cccnc54)CC3)cc2)ccn1. The van der Waals surface area contributed by atoms with E-state index in [1.807, 2.05) is 102 Å². The average Bonchev–Trinajstić information content (AvgIpc) is 3.82. The molecule has 400 valence electrons. The lowest BCUT2D eigenvalue weighted by Crippen LogP contribution is -2.39. The molecule has 0 unspecified atom stereocenters. The first-order valence-corrected chi connectivity index (χ1v) is 25.2. The number of fused-ring (bicyclic) bond motifs is 1. The number of amides is 1. The van der Waals surface area contributed by atoms with Gasteiger partial charge in [0.05, 0.1) is 25.3 Å². The molecule has 0 spiro atoms. The Morgan fingerprint density at radius 2 is 1.09 bits per heavy atom. The van der Waals surface area contributed by atoms with Gasteiger partial charge in [-0.1, -0.05) is 44.3 Å². The molecule has 1 fully saturated rings. The monoisotopic (exact) mass is 1230 g/mol. The van der Waals surface area contributed by atoms with Crippen molar-refractivity contribution in [3.63, 3.8) is 0 Å². The molecule has 77 heavy (non-hydrogen) atoms. The largest absolute Gasteiger partial charge is 0.465 e. The number of pyridine rings is 5. The number of halogens is 3. The summed E-state index contributed by atoms with van der Waals surface area (Å²) in [7, 11) is 2.71. The normalized spacial score (nSPS) is 11.4. The molecule has 6 N–H and O–H groups in total. The molecule has 0 atom stereocenters. The molecule has 6 aromatic heterocycles. The van der Waals surface area contributed by atoms with Gasteiger partial charge in [-0.15, -0.1) is 0 Å². The van der Waals surface area contributed by atoms with Crippen LogP contribution in [-0.2, 0) is 9.47 Å². The van der Waals surface area contributed by atoms with Crippen molar-refractivity contribution >= 4 is 111 Å². The van der Waals surface area contributed by atoms with Crippen LogP contribution in [0.4, 0.5) is 34.3 Å². The summed E-state index contributed by atoms with van der Waals surface area (Å²) >= 11 is 9.82. The van der Waals surface area contributed by atoms with Crippen molar-refractivity contribution in [2.75, 3.05) is 49.4 Å². The van der Waals surface area contributed by atoms with Crippen molar-refractivity contribution in [1.29, 1.82) is 0 Å². The number of hydrogen-bond acceptors (Lipinski definition) is 15. The summed E-state index contributed by atoms with van der Waals surface area (Å²) in [5, 5.41) is 6.49. The van der Waals surface area contributed by atoms with E-state index < -0.39 is 0 Å². The fourth-order valence-electron chi connectivity index (χ4n) is 7.42. The van der Waals surface area contributed by atoms with Crippen molar-refractivity contribution in [1.82, 2.24) is 39.4 Å². The van der Waals surface area contributed by atoms with E-state index in [4.69, 9.17) is 16.5 Å². The van der Waals surface area contributed by atoms with Gasteiger partial charge in [-0.25, -0.2) is 34.5 Å². The number of ether oxygens (including phenoxy) is 2. The quantitative estimate of drug-likeness (QED) is 0.0598. The summed E-state index contributed by atoms with van der Waals surface area (Å²) in [5.74, 6) is 0.625. The zero-order valence-electron chi connectivity index (χ0n) is 40.0.